The number of carbonyl (C=O) groups is 2. The Balaban J connectivity index is 2.78. The van der Waals surface area contributed by atoms with E-state index >= 15 is 0 Å². The van der Waals surface area contributed by atoms with Gasteiger partial charge in [-0.05, 0) is 32.9 Å². The lowest BCUT2D eigenvalue weighted by molar-refractivity contribution is -0.140. The van der Waals surface area contributed by atoms with E-state index in [1.165, 1.54) is 14.2 Å². The van der Waals surface area contributed by atoms with Gasteiger partial charge >= 0.3 is 12.1 Å². The Hall–Kier alpha value is -2.64. The number of rotatable bonds is 7. The molecule has 0 saturated heterocycles. The summed E-state index contributed by atoms with van der Waals surface area (Å²) in [5.41, 5.74) is -0.732. The van der Waals surface area contributed by atoms with Gasteiger partial charge in [0.1, 0.15) is 12.2 Å². The van der Waals surface area contributed by atoms with Gasteiger partial charge in [-0.15, -0.1) is 0 Å². The van der Waals surface area contributed by atoms with Gasteiger partial charge in [0, 0.05) is 0 Å². The van der Waals surface area contributed by atoms with Gasteiger partial charge in [-0.2, -0.15) is 0 Å². The van der Waals surface area contributed by atoms with E-state index in [0.29, 0.717) is 17.2 Å². The van der Waals surface area contributed by atoms with Gasteiger partial charge in [-0.25, -0.2) is 9.59 Å². The average molecular weight is 341 g/mol. The molecule has 0 spiro atoms. The molecule has 8 nitrogen and oxygen atoms in total. The molecule has 1 amide bonds. The average Bonchev–Trinajstić information content (AvgIpc) is 2.48. The fourth-order valence-electron chi connectivity index (χ4n) is 1.77. The first kappa shape index (κ1) is 19.4. The summed E-state index contributed by atoms with van der Waals surface area (Å²) in [5.74, 6) is -0.166. The summed E-state index contributed by atoms with van der Waals surface area (Å²) in [5, 5.41) is 11.5. The topological polar surface area (TPSA) is 103 Å². The molecule has 0 aliphatic heterocycles. The highest BCUT2D eigenvalue weighted by Gasteiger charge is 2.25. The van der Waals surface area contributed by atoms with E-state index in [4.69, 9.17) is 18.9 Å². The molecule has 0 aliphatic carbocycles. The third kappa shape index (κ3) is 5.86. The summed E-state index contributed by atoms with van der Waals surface area (Å²) in [4.78, 5) is 23.0. The van der Waals surface area contributed by atoms with Crippen LogP contribution in [0.25, 0.3) is 0 Å². The zero-order valence-electron chi connectivity index (χ0n) is 14.4. The van der Waals surface area contributed by atoms with Crippen LogP contribution in [0.15, 0.2) is 18.2 Å². The molecule has 24 heavy (non-hydrogen) atoms. The van der Waals surface area contributed by atoms with Crippen molar-refractivity contribution in [1.82, 2.24) is 5.32 Å². The van der Waals surface area contributed by atoms with Crippen molar-refractivity contribution in [1.29, 1.82) is 0 Å². The normalized spacial score (nSPS) is 12.0. The van der Waals surface area contributed by atoms with Crippen LogP contribution in [0.4, 0.5) is 4.79 Å². The minimum absolute atomic E-state index is 0.300. The number of alkyl carbamates (subject to hydrolysis) is 1. The number of carboxylic acid groups (broad SMARTS) is 1. The van der Waals surface area contributed by atoms with Crippen molar-refractivity contribution in [3.05, 3.63) is 18.2 Å². The fraction of sp³-hybridized carbons (Fsp3) is 0.500. The maximum atomic E-state index is 11.7. The summed E-state index contributed by atoms with van der Waals surface area (Å²) in [6.07, 6.45) is -0.837. The first-order valence-electron chi connectivity index (χ1n) is 7.24. The summed E-state index contributed by atoms with van der Waals surface area (Å²) in [6.45, 7) is 4.73. The molecule has 0 aliphatic rings. The Morgan fingerprint density at radius 2 is 1.79 bits per heavy atom. The Morgan fingerprint density at radius 3 is 2.29 bits per heavy atom. The van der Waals surface area contributed by atoms with Gasteiger partial charge < -0.3 is 29.4 Å². The minimum atomic E-state index is -1.28. The molecule has 134 valence electrons. The Labute approximate surface area is 140 Å². The van der Waals surface area contributed by atoms with Crippen molar-refractivity contribution in [2.75, 3.05) is 20.8 Å². The zero-order valence-corrected chi connectivity index (χ0v) is 14.4. The molecule has 0 heterocycles. The zero-order chi connectivity index (χ0) is 18.3. The van der Waals surface area contributed by atoms with E-state index in [1.807, 2.05) is 0 Å². The van der Waals surface area contributed by atoms with Crippen LogP contribution in [0, 0.1) is 0 Å². The standard InChI is InChI=1S/C16H23NO7/c1-16(2,3)24-15(20)17-10(14(18)19)9-23-12-8-6-7-11(21-4)13(12)22-5/h6-8,10H,9H2,1-5H3,(H,17,20)(H,18,19)/t10-/m0/s1. The molecule has 8 heteroatoms. The predicted molar refractivity (Wildman–Crippen MR) is 85.8 cm³/mol. The minimum Gasteiger partial charge on any atom is -0.493 e. The van der Waals surface area contributed by atoms with Crippen molar-refractivity contribution < 1.29 is 33.6 Å². The smallest absolute Gasteiger partial charge is 0.408 e. The van der Waals surface area contributed by atoms with Crippen LogP contribution in [0.1, 0.15) is 20.8 Å². The van der Waals surface area contributed by atoms with Crippen LogP contribution in [-0.2, 0) is 9.53 Å². The molecule has 0 unspecified atom stereocenters. The van der Waals surface area contributed by atoms with Crippen LogP contribution < -0.4 is 19.5 Å². The molecule has 2 N–H and O–H groups in total. The SMILES string of the molecule is COc1cccc(OC[C@H](NC(=O)OC(C)(C)C)C(=O)O)c1OC. The first-order valence-corrected chi connectivity index (χ1v) is 7.24. The predicted octanol–water partition coefficient (Wildman–Crippen LogP) is 2.06. The van der Waals surface area contributed by atoms with Gasteiger partial charge in [0.15, 0.2) is 17.5 Å². The van der Waals surface area contributed by atoms with E-state index in [9.17, 15) is 14.7 Å². The Bertz CT molecular complexity index is 580. The molecular formula is C16H23NO7. The third-order valence-electron chi connectivity index (χ3n) is 2.76. The lowest BCUT2D eigenvalue weighted by Crippen LogP contribution is -2.46. The van der Waals surface area contributed by atoms with E-state index in [1.54, 1.807) is 39.0 Å². The van der Waals surface area contributed by atoms with Crippen LogP contribution in [-0.4, -0.2) is 49.6 Å². The monoisotopic (exact) mass is 341 g/mol. The summed E-state index contributed by atoms with van der Waals surface area (Å²) in [7, 11) is 2.92. The van der Waals surface area contributed by atoms with Crippen molar-refractivity contribution in [2.24, 2.45) is 0 Å². The van der Waals surface area contributed by atoms with E-state index in [-0.39, 0.29) is 6.61 Å². The van der Waals surface area contributed by atoms with Crippen molar-refractivity contribution in [3.8, 4) is 17.2 Å². The quantitative estimate of drug-likeness (QED) is 0.782. The maximum Gasteiger partial charge on any atom is 0.408 e. The molecule has 0 bridgehead atoms. The highest BCUT2D eigenvalue weighted by atomic mass is 16.6. The first-order chi connectivity index (χ1) is 11.2. The highest BCUT2D eigenvalue weighted by molar-refractivity contribution is 5.80. The molecule has 1 rings (SSSR count). The number of carbonyl (C=O) groups excluding carboxylic acids is 1. The molecule has 1 aromatic carbocycles. The molecule has 0 aromatic heterocycles. The van der Waals surface area contributed by atoms with Crippen LogP contribution in [0.5, 0.6) is 17.2 Å². The summed E-state index contributed by atoms with van der Waals surface area (Å²) in [6, 6.07) is 3.68. The lowest BCUT2D eigenvalue weighted by atomic mass is 10.2. The second-order valence-electron chi connectivity index (χ2n) is 5.84. The molecule has 1 atom stereocenters. The van der Waals surface area contributed by atoms with Gasteiger partial charge in [-0.1, -0.05) is 6.07 Å². The van der Waals surface area contributed by atoms with Crippen LogP contribution in [0.3, 0.4) is 0 Å². The number of para-hydroxylation sites is 1. The molecular weight excluding hydrogens is 318 g/mol. The molecule has 1 aromatic rings. The van der Waals surface area contributed by atoms with Crippen LogP contribution >= 0.6 is 0 Å². The number of hydrogen-bond donors (Lipinski definition) is 2. The summed E-state index contributed by atoms with van der Waals surface area (Å²) < 4.78 is 20.8. The number of amides is 1. The lowest BCUT2D eigenvalue weighted by Gasteiger charge is -2.22. The molecule has 0 fully saturated rings. The number of nitrogens with one attached hydrogen (secondary N) is 1. The number of benzene rings is 1. The number of methoxy groups -OCH3 is 2. The Morgan fingerprint density at radius 1 is 1.17 bits per heavy atom. The maximum absolute atomic E-state index is 11.7. The van der Waals surface area contributed by atoms with E-state index in [0.717, 1.165) is 0 Å². The third-order valence-corrected chi connectivity index (χ3v) is 2.76. The molecule has 0 saturated carbocycles. The van der Waals surface area contributed by atoms with Gasteiger partial charge in [0.05, 0.1) is 14.2 Å². The van der Waals surface area contributed by atoms with Crippen molar-refractivity contribution in [3.63, 3.8) is 0 Å². The van der Waals surface area contributed by atoms with Crippen molar-refractivity contribution >= 4 is 12.1 Å². The van der Waals surface area contributed by atoms with E-state index in [2.05, 4.69) is 5.32 Å². The van der Waals surface area contributed by atoms with Gasteiger partial charge in [-0.3, -0.25) is 0 Å². The largest absolute Gasteiger partial charge is 0.493 e. The van der Waals surface area contributed by atoms with Gasteiger partial charge in [0.2, 0.25) is 5.75 Å². The van der Waals surface area contributed by atoms with E-state index < -0.39 is 23.7 Å². The van der Waals surface area contributed by atoms with Crippen LogP contribution in [0.2, 0.25) is 0 Å². The number of ether oxygens (including phenoxy) is 4. The highest BCUT2D eigenvalue weighted by Crippen LogP contribution is 2.36. The number of hydrogen-bond acceptors (Lipinski definition) is 6. The number of aliphatic carboxylic acids is 1. The second-order valence-corrected chi connectivity index (χ2v) is 5.84. The summed E-state index contributed by atoms with van der Waals surface area (Å²) >= 11 is 0. The Kier molecular flexibility index (Phi) is 6.69. The van der Waals surface area contributed by atoms with Gasteiger partial charge in [0.25, 0.3) is 0 Å². The fourth-order valence-corrected chi connectivity index (χ4v) is 1.77. The molecule has 0 radical (unpaired) electrons. The second kappa shape index (κ2) is 8.28. The van der Waals surface area contributed by atoms with Crippen molar-refractivity contribution in [2.45, 2.75) is 32.4 Å². The number of carboxylic acids is 1.